The van der Waals surface area contributed by atoms with E-state index in [-0.39, 0.29) is 5.76 Å². The molecule has 2 rings (SSSR count). The number of carbonyl (C=O) groups is 1. The van der Waals surface area contributed by atoms with Gasteiger partial charge in [0.15, 0.2) is 17.5 Å². The van der Waals surface area contributed by atoms with Crippen LogP contribution in [0.5, 0.6) is 0 Å². The summed E-state index contributed by atoms with van der Waals surface area (Å²) >= 11 is 0. The lowest BCUT2D eigenvalue weighted by Crippen LogP contribution is -2.36. The van der Waals surface area contributed by atoms with Gasteiger partial charge in [0.1, 0.15) is 5.76 Å². The Kier molecular flexibility index (Phi) is 6.62. The summed E-state index contributed by atoms with van der Waals surface area (Å²) in [4.78, 5) is 15.2. The van der Waals surface area contributed by atoms with Crippen molar-refractivity contribution in [3.8, 4) is 0 Å². The average Bonchev–Trinajstić information content (AvgIpc) is 3.26. The first kappa shape index (κ1) is 18.6. The predicted molar refractivity (Wildman–Crippen MR) is 94.1 cm³/mol. The summed E-state index contributed by atoms with van der Waals surface area (Å²) in [5, 5.41) is 10.4. The lowest BCUT2D eigenvalue weighted by atomic mass is 9.99. The zero-order chi connectivity index (χ0) is 18.2. The Morgan fingerprint density at radius 1 is 1.24 bits per heavy atom. The highest BCUT2D eigenvalue weighted by atomic mass is 16.5. The van der Waals surface area contributed by atoms with Crippen molar-refractivity contribution in [1.29, 1.82) is 0 Å². The molecule has 4 N–H and O–H groups in total. The highest BCUT2D eigenvalue weighted by Gasteiger charge is 2.13. The molecule has 0 aliphatic carbocycles. The highest BCUT2D eigenvalue weighted by molar-refractivity contribution is 5.89. The minimum atomic E-state index is -0.590. The van der Waals surface area contributed by atoms with Crippen LogP contribution in [-0.4, -0.2) is 24.1 Å². The van der Waals surface area contributed by atoms with Crippen LogP contribution < -0.4 is 16.4 Å². The molecule has 8 nitrogen and oxygen atoms in total. The van der Waals surface area contributed by atoms with Crippen LogP contribution in [0, 0.1) is 0 Å². The molecule has 136 valence electrons. The van der Waals surface area contributed by atoms with Crippen molar-refractivity contribution in [1.82, 2.24) is 15.8 Å². The quantitative estimate of drug-likeness (QED) is 0.497. The number of aromatic nitrogens is 1. The van der Waals surface area contributed by atoms with E-state index in [9.17, 15) is 4.79 Å². The van der Waals surface area contributed by atoms with Gasteiger partial charge in [-0.25, -0.2) is 0 Å². The van der Waals surface area contributed by atoms with E-state index in [1.165, 1.54) is 0 Å². The van der Waals surface area contributed by atoms with E-state index in [0.29, 0.717) is 30.7 Å². The largest absolute Gasteiger partial charge is 0.454 e. The zero-order valence-electron chi connectivity index (χ0n) is 14.8. The third-order valence-electron chi connectivity index (χ3n) is 3.97. The van der Waals surface area contributed by atoms with Crippen LogP contribution >= 0.6 is 0 Å². The summed E-state index contributed by atoms with van der Waals surface area (Å²) in [5.41, 5.74) is 6.14. The number of nitrogens with zero attached hydrogens (tertiary/aromatic N) is 2. The van der Waals surface area contributed by atoms with Crippen molar-refractivity contribution in [2.24, 2.45) is 10.7 Å². The molecular formula is C17H25N5O3. The van der Waals surface area contributed by atoms with E-state index in [4.69, 9.17) is 14.7 Å². The van der Waals surface area contributed by atoms with E-state index in [1.54, 1.807) is 19.2 Å². The SMILES string of the molecule is CCC(CC)c1cc(CNC(=NC)NCc2ccc(C(N)=O)o2)on1. The molecule has 0 fully saturated rings. The maximum absolute atomic E-state index is 11.0. The molecule has 2 heterocycles. The van der Waals surface area contributed by atoms with E-state index < -0.39 is 5.91 Å². The molecule has 0 bridgehead atoms. The molecule has 0 radical (unpaired) electrons. The van der Waals surface area contributed by atoms with Gasteiger partial charge >= 0.3 is 0 Å². The van der Waals surface area contributed by atoms with Crippen molar-refractivity contribution in [3.63, 3.8) is 0 Å². The van der Waals surface area contributed by atoms with Crippen LogP contribution in [0.4, 0.5) is 0 Å². The second-order valence-corrected chi connectivity index (χ2v) is 5.64. The lowest BCUT2D eigenvalue weighted by Gasteiger charge is -2.09. The fourth-order valence-corrected chi connectivity index (χ4v) is 2.48. The number of hydrogen-bond donors (Lipinski definition) is 3. The molecule has 0 unspecified atom stereocenters. The number of carbonyl (C=O) groups excluding carboxylic acids is 1. The summed E-state index contributed by atoms with van der Waals surface area (Å²) in [6, 6.07) is 5.21. The number of furan rings is 1. The summed E-state index contributed by atoms with van der Waals surface area (Å²) in [6.45, 7) is 5.13. The van der Waals surface area contributed by atoms with E-state index in [2.05, 4.69) is 34.6 Å². The maximum Gasteiger partial charge on any atom is 0.284 e. The summed E-state index contributed by atoms with van der Waals surface area (Å²) in [5.74, 6) is 1.89. The molecule has 0 saturated carbocycles. The Hall–Kier alpha value is -2.77. The Bertz CT molecular complexity index is 715. The van der Waals surface area contributed by atoms with Gasteiger partial charge in [-0.15, -0.1) is 0 Å². The average molecular weight is 347 g/mol. The van der Waals surface area contributed by atoms with Crippen LogP contribution in [0.15, 0.2) is 32.1 Å². The smallest absolute Gasteiger partial charge is 0.284 e. The first-order valence-electron chi connectivity index (χ1n) is 8.35. The number of guanidine groups is 1. The fraction of sp³-hybridized carbons (Fsp3) is 0.471. The van der Waals surface area contributed by atoms with Crippen molar-refractivity contribution >= 4 is 11.9 Å². The number of amides is 1. The molecule has 0 aliphatic heterocycles. The number of primary amides is 1. The van der Waals surface area contributed by atoms with Crippen LogP contribution in [0.3, 0.4) is 0 Å². The summed E-state index contributed by atoms with van der Waals surface area (Å²) in [7, 11) is 1.67. The monoisotopic (exact) mass is 347 g/mol. The van der Waals surface area contributed by atoms with Gasteiger partial charge < -0.3 is 25.3 Å². The highest BCUT2D eigenvalue weighted by Crippen LogP contribution is 2.22. The topological polar surface area (TPSA) is 119 Å². The van der Waals surface area contributed by atoms with Crippen molar-refractivity contribution in [2.75, 3.05) is 7.05 Å². The second-order valence-electron chi connectivity index (χ2n) is 5.64. The number of aliphatic imine (C=N–C) groups is 1. The normalized spacial score (nSPS) is 11.8. The predicted octanol–water partition coefficient (Wildman–Crippen LogP) is 2.14. The van der Waals surface area contributed by atoms with Crippen molar-refractivity contribution in [3.05, 3.63) is 41.2 Å². The van der Waals surface area contributed by atoms with Gasteiger partial charge in [-0.2, -0.15) is 0 Å². The lowest BCUT2D eigenvalue weighted by molar-refractivity contribution is 0.0972. The van der Waals surface area contributed by atoms with Crippen LogP contribution in [-0.2, 0) is 13.1 Å². The molecule has 1 amide bonds. The molecule has 0 spiro atoms. The third-order valence-corrected chi connectivity index (χ3v) is 3.97. The minimum absolute atomic E-state index is 0.135. The maximum atomic E-state index is 11.0. The van der Waals surface area contributed by atoms with Gasteiger partial charge in [0.05, 0.1) is 18.8 Å². The summed E-state index contributed by atoms with van der Waals surface area (Å²) in [6.07, 6.45) is 2.07. The van der Waals surface area contributed by atoms with Gasteiger partial charge in [-0.1, -0.05) is 19.0 Å². The fourth-order valence-electron chi connectivity index (χ4n) is 2.48. The van der Waals surface area contributed by atoms with Crippen LogP contribution in [0.1, 0.15) is 60.4 Å². The van der Waals surface area contributed by atoms with Gasteiger partial charge in [-0.05, 0) is 25.0 Å². The first-order chi connectivity index (χ1) is 12.1. The van der Waals surface area contributed by atoms with E-state index in [1.807, 2.05) is 6.07 Å². The summed E-state index contributed by atoms with van der Waals surface area (Å²) < 4.78 is 10.7. The van der Waals surface area contributed by atoms with E-state index >= 15 is 0 Å². The van der Waals surface area contributed by atoms with Crippen molar-refractivity contribution < 1.29 is 13.7 Å². The number of hydrogen-bond acceptors (Lipinski definition) is 5. The molecule has 2 aromatic rings. The molecule has 2 aromatic heterocycles. The number of rotatable bonds is 8. The number of nitrogens with two attached hydrogens (primary N) is 1. The Labute approximate surface area is 146 Å². The van der Waals surface area contributed by atoms with Crippen LogP contribution in [0.25, 0.3) is 0 Å². The van der Waals surface area contributed by atoms with Crippen molar-refractivity contribution in [2.45, 2.75) is 45.7 Å². The zero-order valence-corrected chi connectivity index (χ0v) is 14.8. The molecular weight excluding hydrogens is 322 g/mol. The van der Waals surface area contributed by atoms with Crippen LogP contribution in [0.2, 0.25) is 0 Å². The Balaban J connectivity index is 1.84. The van der Waals surface area contributed by atoms with E-state index in [0.717, 1.165) is 24.3 Å². The molecule has 25 heavy (non-hydrogen) atoms. The molecule has 8 heteroatoms. The van der Waals surface area contributed by atoms with Gasteiger partial charge in [0.2, 0.25) is 0 Å². The second kappa shape index (κ2) is 8.91. The van der Waals surface area contributed by atoms with Gasteiger partial charge in [0, 0.05) is 19.0 Å². The van der Waals surface area contributed by atoms with Gasteiger partial charge in [0.25, 0.3) is 5.91 Å². The van der Waals surface area contributed by atoms with Gasteiger partial charge in [-0.3, -0.25) is 9.79 Å². The molecule has 0 atom stereocenters. The molecule has 0 aromatic carbocycles. The number of nitrogens with one attached hydrogen (secondary N) is 2. The molecule has 0 aliphatic rings. The Morgan fingerprint density at radius 2 is 1.92 bits per heavy atom. The Morgan fingerprint density at radius 3 is 2.48 bits per heavy atom. The standard InChI is InChI=1S/C17H25N5O3/c1-4-11(5-2)14-8-13(25-22-14)10-21-17(19-3)20-9-12-6-7-15(24-12)16(18)23/h6-8,11H,4-5,9-10H2,1-3H3,(H2,18,23)(H2,19,20,21). The first-order valence-corrected chi connectivity index (χ1v) is 8.35. The third kappa shape index (κ3) is 5.10. The minimum Gasteiger partial charge on any atom is -0.454 e. The molecule has 0 saturated heterocycles.